The molecular weight excluding hydrogens is 114 g/mol. The van der Waals surface area contributed by atoms with Crippen LogP contribution in [0.15, 0.2) is 4.99 Å². The molecule has 0 fully saturated rings. The Bertz CT molecular complexity index is 46.2. The van der Waals surface area contributed by atoms with Gasteiger partial charge in [0.05, 0.1) is 13.2 Å². The minimum Gasteiger partial charge on any atom is -0.380 e. The Kier molecular flexibility index (Phi) is 19.9. The fraction of sp³-hybridized carbons (Fsp3) is 0.857. The van der Waals surface area contributed by atoms with Crippen molar-refractivity contribution < 1.29 is 4.74 Å². The molecule has 0 N–H and O–H groups in total. The highest BCUT2D eigenvalue weighted by Crippen LogP contribution is 1.71. The summed E-state index contributed by atoms with van der Waals surface area (Å²) in [4.78, 5) is 3.60. The first-order valence-corrected chi connectivity index (χ1v) is 3.42. The third-order valence-electron chi connectivity index (χ3n) is 0.598. The molecule has 0 aliphatic rings. The Morgan fingerprint density at radius 1 is 1.44 bits per heavy atom. The Morgan fingerprint density at radius 3 is 2.33 bits per heavy atom. The topological polar surface area (TPSA) is 21.6 Å². The first kappa shape index (κ1) is 11.4. The van der Waals surface area contributed by atoms with Gasteiger partial charge in [0, 0.05) is 6.61 Å². The lowest BCUT2D eigenvalue weighted by molar-refractivity contribution is 0.156. The molecule has 0 aromatic rings. The second-order valence-electron chi connectivity index (χ2n) is 1.14. The third-order valence-corrected chi connectivity index (χ3v) is 0.598. The van der Waals surface area contributed by atoms with Gasteiger partial charge >= 0.3 is 0 Å². The Hall–Kier alpha value is -0.370. The van der Waals surface area contributed by atoms with Gasteiger partial charge < -0.3 is 4.74 Å². The number of nitrogens with zero attached hydrogens (tertiary/aromatic N) is 1. The van der Waals surface area contributed by atoms with Crippen molar-refractivity contribution in [2.24, 2.45) is 4.99 Å². The zero-order valence-corrected chi connectivity index (χ0v) is 6.68. The van der Waals surface area contributed by atoms with E-state index in [0.29, 0.717) is 13.2 Å². The van der Waals surface area contributed by atoms with E-state index < -0.39 is 0 Å². The Morgan fingerprint density at radius 2 is 2.00 bits per heavy atom. The lowest BCUT2D eigenvalue weighted by Crippen LogP contribution is -1.95. The van der Waals surface area contributed by atoms with Crippen molar-refractivity contribution in [3.63, 3.8) is 0 Å². The van der Waals surface area contributed by atoms with Crippen LogP contribution in [0.2, 0.25) is 0 Å². The van der Waals surface area contributed by atoms with Gasteiger partial charge in [0.2, 0.25) is 0 Å². The van der Waals surface area contributed by atoms with E-state index in [1.54, 1.807) is 0 Å². The lowest BCUT2D eigenvalue weighted by atomic mass is 10.7. The van der Waals surface area contributed by atoms with Crippen LogP contribution in [0.5, 0.6) is 0 Å². The summed E-state index contributed by atoms with van der Waals surface area (Å²) in [6.07, 6.45) is 0. The van der Waals surface area contributed by atoms with E-state index in [9.17, 15) is 0 Å². The SMILES string of the molecule is C=NCCOCC.CC. The molecule has 0 rings (SSSR count). The molecule has 0 heterocycles. The van der Waals surface area contributed by atoms with Crippen LogP contribution in [0, 0.1) is 0 Å². The molecule has 0 aromatic carbocycles. The van der Waals surface area contributed by atoms with Gasteiger partial charge in [-0.15, -0.1) is 0 Å². The van der Waals surface area contributed by atoms with Crippen LogP contribution < -0.4 is 0 Å². The van der Waals surface area contributed by atoms with E-state index in [0.717, 1.165) is 6.61 Å². The van der Waals surface area contributed by atoms with E-state index in [2.05, 4.69) is 11.7 Å². The smallest absolute Gasteiger partial charge is 0.0661 e. The van der Waals surface area contributed by atoms with Crippen molar-refractivity contribution in [2.75, 3.05) is 19.8 Å². The van der Waals surface area contributed by atoms with Crippen LogP contribution in [0.25, 0.3) is 0 Å². The Labute approximate surface area is 57.9 Å². The quantitative estimate of drug-likeness (QED) is 0.421. The normalized spacial score (nSPS) is 7.44. The molecule has 9 heavy (non-hydrogen) atoms. The number of aliphatic imine (C=N–C) groups is 1. The first-order chi connectivity index (χ1) is 4.41. The van der Waals surface area contributed by atoms with Crippen LogP contribution >= 0.6 is 0 Å². The fourth-order valence-electron chi connectivity index (χ4n) is 0.273. The van der Waals surface area contributed by atoms with Crippen molar-refractivity contribution in [3.8, 4) is 0 Å². The minimum atomic E-state index is 0.708. The second kappa shape index (κ2) is 15.6. The van der Waals surface area contributed by atoms with Gasteiger partial charge in [-0.1, -0.05) is 13.8 Å². The van der Waals surface area contributed by atoms with Crippen molar-refractivity contribution in [1.82, 2.24) is 0 Å². The van der Waals surface area contributed by atoms with E-state index in [4.69, 9.17) is 4.74 Å². The summed E-state index contributed by atoms with van der Waals surface area (Å²) in [7, 11) is 0. The third kappa shape index (κ3) is 18.4. The zero-order chi connectivity index (χ0) is 7.54. The van der Waals surface area contributed by atoms with E-state index in [1.165, 1.54) is 0 Å². The molecule has 0 unspecified atom stereocenters. The highest BCUT2D eigenvalue weighted by atomic mass is 16.5. The number of hydrogen-bond acceptors (Lipinski definition) is 2. The zero-order valence-electron chi connectivity index (χ0n) is 6.68. The van der Waals surface area contributed by atoms with Gasteiger partial charge in [0.15, 0.2) is 0 Å². The highest BCUT2D eigenvalue weighted by molar-refractivity contribution is 5.22. The van der Waals surface area contributed by atoms with Crippen LogP contribution in [0.4, 0.5) is 0 Å². The monoisotopic (exact) mass is 131 g/mol. The number of rotatable bonds is 4. The predicted octanol–water partition coefficient (Wildman–Crippen LogP) is 1.75. The molecule has 0 radical (unpaired) electrons. The summed E-state index contributed by atoms with van der Waals surface area (Å²) in [5.74, 6) is 0. The molecule has 0 atom stereocenters. The number of ether oxygens (including phenoxy) is 1. The first-order valence-electron chi connectivity index (χ1n) is 3.42. The van der Waals surface area contributed by atoms with Crippen LogP contribution in [-0.4, -0.2) is 26.5 Å². The second-order valence-corrected chi connectivity index (χ2v) is 1.14. The van der Waals surface area contributed by atoms with Crippen LogP contribution in [0.1, 0.15) is 20.8 Å². The minimum absolute atomic E-state index is 0.708. The average Bonchev–Trinajstić information content (AvgIpc) is 1.94. The van der Waals surface area contributed by atoms with Gasteiger partial charge in [-0.25, -0.2) is 0 Å². The molecule has 2 heteroatoms. The van der Waals surface area contributed by atoms with Gasteiger partial charge in [-0.2, -0.15) is 0 Å². The predicted molar refractivity (Wildman–Crippen MR) is 42.3 cm³/mol. The van der Waals surface area contributed by atoms with Crippen molar-refractivity contribution in [3.05, 3.63) is 0 Å². The number of hydrogen-bond donors (Lipinski definition) is 0. The summed E-state index contributed by atoms with van der Waals surface area (Å²) in [5.41, 5.74) is 0. The van der Waals surface area contributed by atoms with Crippen molar-refractivity contribution in [1.29, 1.82) is 0 Å². The molecule has 2 nitrogen and oxygen atoms in total. The molecule has 0 bridgehead atoms. The average molecular weight is 131 g/mol. The molecule has 56 valence electrons. The summed E-state index contributed by atoms with van der Waals surface area (Å²) in [6.45, 7) is 11.5. The maximum Gasteiger partial charge on any atom is 0.0661 e. The molecular formula is C7H17NO. The molecule has 0 aliphatic carbocycles. The summed E-state index contributed by atoms with van der Waals surface area (Å²) >= 11 is 0. The molecule has 0 aliphatic heterocycles. The largest absolute Gasteiger partial charge is 0.380 e. The molecule has 0 saturated carbocycles. The highest BCUT2D eigenvalue weighted by Gasteiger charge is 1.75. The van der Waals surface area contributed by atoms with E-state index >= 15 is 0 Å². The van der Waals surface area contributed by atoms with Gasteiger partial charge in [0.1, 0.15) is 0 Å². The van der Waals surface area contributed by atoms with Crippen LogP contribution in [0.3, 0.4) is 0 Å². The summed E-state index contributed by atoms with van der Waals surface area (Å²) < 4.78 is 4.94. The van der Waals surface area contributed by atoms with Crippen LogP contribution in [-0.2, 0) is 4.74 Å². The molecule has 0 saturated heterocycles. The van der Waals surface area contributed by atoms with Gasteiger partial charge in [-0.3, -0.25) is 4.99 Å². The van der Waals surface area contributed by atoms with Gasteiger partial charge in [-0.05, 0) is 13.6 Å². The standard InChI is InChI=1S/C5H11NO.C2H6/c1-3-7-5-4-6-2;1-2/h2-5H2,1H3;1-2H3. The molecule has 0 spiro atoms. The van der Waals surface area contributed by atoms with E-state index in [-0.39, 0.29) is 0 Å². The van der Waals surface area contributed by atoms with Gasteiger partial charge in [0.25, 0.3) is 0 Å². The summed E-state index contributed by atoms with van der Waals surface area (Å²) in [6, 6.07) is 0. The molecule has 0 amide bonds. The maximum atomic E-state index is 4.94. The molecule has 0 aromatic heterocycles. The fourth-order valence-corrected chi connectivity index (χ4v) is 0.273. The van der Waals surface area contributed by atoms with E-state index in [1.807, 2.05) is 20.8 Å². The maximum absolute atomic E-state index is 4.94. The van der Waals surface area contributed by atoms with Crippen molar-refractivity contribution in [2.45, 2.75) is 20.8 Å². The van der Waals surface area contributed by atoms with Crippen molar-refractivity contribution >= 4 is 6.72 Å². The summed E-state index contributed by atoms with van der Waals surface area (Å²) in [5, 5.41) is 0. The Balaban J connectivity index is 0. The lowest BCUT2D eigenvalue weighted by Gasteiger charge is -1.92.